The van der Waals surface area contributed by atoms with Gasteiger partial charge >= 0.3 is 5.97 Å². The molecule has 0 bridgehead atoms. The first-order chi connectivity index (χ1) is 15.1. The molecule has 3 aromatic rings. The fourth-order valence-corrected chi connectivity index (χ4v) is 3.79. The number of nitrogens with zero attached hydrogens (tertiary/aromatic N) is 3. The monoisotopic (exact) mass is 419 g/mol. The van der Waals surface area contributed by atoms with Gasteiger partial charge in [-0.25, -0.2) is 9.78 Å². The minimum atomic E-state index is -0.995. The molecule has 0 aliphatic heterocycles. The van der Waals surface area contributed by atoms with Crippen LogP contribution in [0.25, 0.3) is 0 Å². The van der Waals surface area contributed by atoms with Gasteiger partial charge in [-0.2, -0.15) is 0 Å². The fourth-order valence-electron chi connectivity index (χ4n) is 3.79. The Balaban J connectivity index is 1.73. The third-order valence-electron chi connectivity index (χ3n) is 5.39. The molecule has 4 rings (SSSR count). The van der Waals surface area contributed by atoms with E-state index in [1.54, 1.807) is 25.6 Å². The van der Waals surface area contributed by atoms with Crippen molar-refractivity contribution in [3.63, 3.8) is 0 Å². The molecule has 1 aliphatic rings. The van der Waals surface area contributed by atoms with Crippen LogP contribution in [0.3, 0.4) is 0 Å². The molecule has 160 valence electrons. The van der Waals surface area contributed by atoms with Crippen LogP contribution in [-0.4, -0.2) is 34.3 Å². The first-order valence-corrected chi connectivity index (χ1v) is 10.3. The molecule has 0 unspecified atom stereocenters. The first-order valence-electron chi connectivity index (χ1n) is 10.3. The number of carboxylic acid groups (broad SMARTS) is 1. The number of hydrogen-bond donors (Lipinski definition) is 1. The summed E-state index contributed by atoms with van der Waals surface area (Å²) in [5.74, 6) is 0.882. The average Bonchev–Trinajstić information content (AvgIpc) is 3.31. The molecule has 0 spiro atoms. The van der Waals surface area contributed by atoms with Gasteiger partial charge in [-0.1, -0.05) is 6.07 Å². The maximum atomic E-state index is 11.5. The van der Waals surface area contributed by atoms with Crippen molar-refractivity contribution in [3.8, 4) is 11.5 Å². The summed E-state index contributed by atoms with van der Waals surface area (Å²) >= 11 is 0. The summed E-state index contributed by atoms with van der Waals surface area (Å²) in [7, 11) is 1.63. The van der Waals surface area contributed by atoms with Gasteiger partial charge < -0.3 is 19.5 Å². The molecular formula is C24H25N3O4. The SMILES string of the molecule is COc1ccc(N(Cc2cccnc2)c2cc(C(=O)O)ccn2)cc1OC1CCCC1. The van der Waals surface area contributed by atoms with Crippen LogP contribution in [0.15, 0.2) is 61.1 Å². The highest BCUT2D eigenvalue weighted by Crippen LogP contribution is 2.37. The van der Waals surface area contributed by atoms with Gasteiger partial charge in [0.25, 0.3) is 0 Å². The van der Waals surface area contributed by atoms with Gasteiger partial charge in [-0.15, -0.1) is 0 Å². The molecule has 31 heavy (non-hydrogen) atoms. The molecule has 0 saturated heterocycles. The highest BCUT2D eigenvalue weighted by atomic mass is 16.5. The number of carboxylic acids is 1. The van der Waals surface area contributed by atoms with E-state index in [1.807, 2.05) is 35.2 Å². The third-order valence-corrected chi connectivity index (χ3v) is 5.39. The van der Waals surface area contributed by atoms with Crippen molar-refractivity contribution >= 4 is 17.5 Å². The van der Waals surface area contributed by atoms with Gasteiger partial charge in [0.2, 0.25) is 0 Å². The zero-order valence-corrected chi connectivity index (χ0v) is 17.4. The first kappa shape index (κ1) is 20.7. The Kier molecular flexibility index (Phi) is 6.31. The fraction of sp³-hybridized carbons (Fsp3) is 0.292. The molecule has 1 aliphatic carbocycles. The third kappa shape index (κ3) is 4.94. The minimum absolute atomic E-state index is 0.178. The molecule has 0 amide bonds. The second kappa shape index (κ2) is 9.47. The van der Waals surface area contributed by atoms with Crippen molar-refractivity contribution in [2.24, 2.45) is 0 Å². The molecule has 7 heteroatoms. The highest BCUT2D eigenvalue weighted by molar-refractivity contribution is 5.88. The lowest BCUT2D eigenvalue weighted by molar-refractivity contribution is 0.0696. The molecule has 1 aromatic carbocycles. The van der Waals surface area contributed by atoms with Gasteiger partial charge in [0.05, 0.1) is 25.3 Å². The quantitative estimate of drug-likeness (QED) is 0.559. The average molecular weight is 419 g/mol. The second-order valence-electron chi connectivity index (χ2n) is 7.51. The lowest BCUT2D eigenvalue weighted by Crippen LogP contribution is -2.19. The predicted octanol–water partition coefficient (Wildman–Crippen LogP) is 4.84. The molecule has 7 nitrogen and oxygen atoms in total. The normalized spacial score (nSPS) is 13.7. The van der Waals surface area contributed by atoms with Crippen LogP contribution in [-0.2, 0) is 6.54 Å². The van der Waals surface area contributed by atoms with Crippen molar-refractivity contribution in [2.75, 3.05) is 12.0 Å². The summed E-state index contributed by atoms with van der Waals surface area (Å²) in [5.41, 5.74) is 1.98. The van der Waals surface area contributed by atoms with Crippen molar-refractivity contribution in [1.82, 2.24) is 9.97 Å². The maximum absolute atomic E-state index is 11.5. The van der Waals surface area contributed by atoms with E-state index in [9.17, 15) is 9.90 Å². The zero-order chi connectivity index (χ0) is 21.6. The van der Waals surface area contributed by atoms with Crippen molar-refractivity contribution in [1.29, 1.82) is 0 Å². The number of anilines is 2. The Hall–Kier alpha value is -3.61. The summed E-state index contributed by atoms with van der Waals surface area (Å²) in [6.07, 6.45) is 9.62. The van der Waals surface area contributed by atoms with E-state index in [0.29, 0.717) is 23.9 Å². The number of aromatic nitrogens is 2. The lowest BCUT2D eigenvalue weighted by Gasteiger charge is -2.26. The van der Waals surface area contributed by atoms with E-state index in [-0.39, 0.29) is 11.7 Å². The molecule has 1 saturated carbocycles. The Morgan fingerprint density at radius 1 is 1.13 bits per heavy atom. The van der Waals surface area contributed by atoms with Crippen LogP contribution in [0.1, 0.15) is 41.6 Å². The number of benzene rings is 1. The summed E-state index contributed by atoms with van der Waals surface area (Å²) < 4.78 is 11.8. The van der Waals surface area contributed by atoms with E-state index in [2.05, 4.69) is 9.97 Å². The summed E-state index contributed by atoms with van der Waals surface area (Å²) in [6.45, 7) is 0.471. The summed E-state index contributed by atoms with van der Waals surface area (Å²) in [6, 6.07) is 12.6. The van der Waals surface area contributed by atoms with Crippen molar-refractivity contribution in [3.05, 3.63) is 72.2 Å². The van der Waals surface area contributed by atoms with Gasteiger partial charge in [0.15, 0.2) is 11.5 Å². The largest absolute Gasteiger partial charge is 0.493 e. The van der Waals surface area contributed by atoms with E-state index in [1.165, 1.54) is 25.1 Å². The topological polar surface area (TPSA) is 84.8 Å². The van der Waals surface area contributed by atoms with Crippen LogP contribution in [0, 0.1) is 0 Å². The number of carbonyl (C=O) groups is 1. The van der Waals surface area contributed by atoms with Gasteiger partial charge in [-0.05, 0) is 61.6 Å². The van der Waals surface area contributed by atoms with Crippen LogP contribution >= 0.6 is 0 Å². The number of rotatable bonds is 8. The number of methoxy groups -OCH3 is 1. The Bertz CT molecular complexity index is 1040. The van der Waals surface area contributed by atoms with Crippen molar-refractivity contribution in [2.45, 2.75) is 38.3 Å². The van der Waals surface area contributed by atoms with Crippen LogP contribution < -0.4 is 14.4 Å². The van der Waals surface area contributed by atoms with E-state index in [0.717, 1.165) is 24.1 Å². The van der Waals surface area contributed by atoms with E-state index < -0.39 is 5.97 Å². The lowest BCUT2D eigenvalue weighted by atomic mass is 10.2. The zero-order valence-electron chi connectivity index (χ0n) is 17.4. The molecule has 0 radical (unpaired) electrons. The Morgan fingerprint density at radius 3 is 2.68 bits per heavy atom. The summed E-state index contributed by atoms with van der Waals surface area (Å²) in [5, 5.41) is 9.43. The highest BCUT2D eigenvalue weighted by Gasteiger charge is 2.21. The number of pyridine rings is 2. The van der Waals surface area contributed by atoms with Crippen LogP contribution in [0.2, 0.25) is 0 Å². The van der Waals surface area contributed by atoms with Gasteiger partial charge in [-0.3, -0.25) is 4.98 Å². The predicted molar refractivity (Wildman–Crippen MR) is 117 cm³/mol. The molecule has 0 atom stereocenters. The number of hydrogen-bond acceptors (Lipinski definition) is 6. The number of ether oxygens (including phenoxy) is 2. The molecule has 2 heterocycles. The molecular weight excluding hydrogens is 394 g/mol. The van der Waals surface area contributed by atoms with Crippen LogP contribution in [0.4, 0.5) is 11.5 Å². The Morgan fingerprint density at radius 2 is 1.97 bits per heavy atom. The standard InChI is InChI=1S/C24H25N3O4/c1-30-21-9-8-19(14-22(21)31-20-6-2-3-7-20)27(16-17-5-4-11-25-15-17)23-13-18(24(28)29)10-12-26-23/h4-5,8-15,20H,2-3,6-7,16H2,1H3,(H,28,29). The van der Waals surface area contributed by atoms with E-state index >= 15 is 0 Å². The second-order valence-corrected chi connectivity index (χ2v) is 7.51. The minimum Gasteiger partial charge on any atom is -0.493 e. The maximum Gasteiger partial charge on any atom is 0.335 e. The molecule has 2 aromatic heterocycles. The van der Waals surface area contributed by atoms with Crippen LogP contribution in [0.5, 0.6) is 11.5 Å². The summed E-state index contributed by atoms with van der Waals surface area (Å²) in [4.78, 5) is 22.1. The van der Waals surface area contributed by atoms with E-state index in [4.69, 9.17) is 9.47 Å². The van der Waals surface area contributed by atoms with Crippen molar-refractivity contribution < 1.29 is 19.4 Å². The Labute approximate surface area is 181 Å². The molecule has 1 fully saturated rings. The smallest absolute Gasteiger partial charge is 0.335 e. The van der Waals surface area contributed by atoms with Gasteiger partial charge in [0, 0.05) is 30.3 Å². The van der Waals surface area contributed by atoms with Gasteiger partial charge in [0.1, 0.15) is 5.82 Å². The number of aromatic carboxylic acids is 1. The molecule has 1 N–H and O–H groups in total.